The summed E-state index contributed by atoms with van der Waals surface area (Å²) in [5, 5.41) is 3.49. The van der Waals surface area contributed by atoms with Crippen LogP contribution in [0.15, 0.2) is 28.7 Å². The van der Waals surface area contributed by atoms with Gasteiger partial charge in [-0.25, -0.2) is 0 Å². The van der Waals surface area contributed by atoms with Gasteiger partial charge in [0, 0.05) is 4.47 Å². The lowest BCUT2D eigenvalue weighted by molar-refractivity contribution is 0.334. The van der Waals surface area contributed by atoms with Gasteiger partial charge in [-0.3, -0.25) is 0 Å². The molecule has 15 heavy (non-hydrogen) atoms. The highest BCUT2D eigenvalue weighted by molar-refractivity contribution is 9.10. The number of benzene rings is 1. The molecule has 0 bridgehead atoms. The fourth-order valence-electron chi connectivity index (χ4n) is 2.37. The van der Waals surface area contributed by atoms with E-state index in [0.717, 1.165) is 5.92 Å². The maximum Gasteiger partial charge on any atom is 0.0178 e. The summed E-state index contributed by atoms with van der Waals surface area (Å²) in [4.78, 5) is 0. The van der Waals surface area contributed by atoms with Gasteiger partial charge in [-0.15, -0.1) is 0 Å². The molecule has 1 aromatic carbocycles. The summed E-state index contributed by atoms with van der Waals surface area (Å²) in [6.45, 7) is 4.72. The van der Waals surface area contributed by atoms with E-state index in [2.05, 4.69) is 52.4 Å². The zero-order valence-corrected chi connectivity index (χ0v) is 10.8. The van der Waals surface area contributed by atoms with Crippen LogP contribution in [0.5, 0.6) is 0 Å². The first-order valence-electron chi connectivity index (χ1n) is 5.73. The highest BCUT2D eigenvalue weighted by Gasteiger charge is 2.20. The summed E-state index contributed by atoms with van der Waals surface area (Å²) in [7, 11) is 0. The Hall–Kier alpha value is -0.340. The van der Waals surface area contributed by atoms with Gasteiger partial charge in [0.05, 0.1) is 0 Å². The Labute approximate surface area is 100 Å². The van der Waals surface area contributed by atoms with Gasteiger partial charge in [0.25, 0.3) is 0 Å². The summed E-state index contributed by atoms with van der Waals surface area (Å²) < 4.78 is 1.19. The highest BCUT2D eigenvalue weighted by atomic mass is 79.9. The van der Waals surface area contributed by atoms with Crippen LogP contribution in [0.2, 0.25) is 0 Å². The predicted molar refractivity (Wildman–Crippen MR) is 68.2 cm³/mol. The quantitative estimate of drug-likeness (QED) is 0.864. The zero-order valence-electron chi connectivity index (χ0n) is 9.17. The first kappa shape index (κ1) is 11.2. The topological polar surface area (TPSA) is 12.0 Å². The first-order chi connectivity index (χ1) is 7.27. The molecule has 1 aliphatic rings. The summed E-state index contributed by atoms with van der Waals surface area (Å²) in [6.07, 6.45) is 2.68. The minimum atomic E-state index is 0.662. The van der Waals surface area contributed by atoms with Gasteiger partial charge >= 0.3 is 0 Å². The molecule has 0 aliphatic carbocycles. The number of hydrogen-bond acceptors (Lipinski definition) is 1. The summed E-state index contributed by atoms with van der Waals surface area (Å²) in [6, 6.07) is 8.71. The van der Waals surface area contributed by atoms with Crippen molar-refractivity contribution < 1.29 is 0 Å². The monoisotopic (exact) mass is 267 g/mol. The molecule has 1 aliphatic heterocycles. The van der Waals surface area contributed by atoms with E-state index in [1.165, 1.54) is 36.0 Å². The van der Waals surface area contributed by atoms with Crippen LogP contribution in [0, 0.1) is 5.92 Å². The van der Waals surface area contributed by atoms with E-state index in [4.69, 9.17) is 0 Å². The van der Waals surface area contributed by atoms with Crippen molar-refractivity contribution in [1.82, 2.24) is 5.32 Å². The average Bonchev–Trinajstić information content (AvgIpc) is 2.29. The van der Waals surface area contributed by atoms with Crippen molar-refractivity contribution in [1.29, 1.82) is 0 Å². The highest BCUT2D eigenvalue weighted by Crippen LogP contribution is 2.30. The lowest BCUT2D eigenvalue weighted by atomic mass is 9.83. The van der Waals surface area contributed by atoms with Crippen LogP contribution in [-0.2, 0) is 0 Å². The van der Waals surface area contributed by atoms with Crippen molar-refractivity contribution in [2.24, 2.45) is 5.92 Å². The van der Waals surface area contributed by atoms with Crippen LogP contribution in [0.4, 0.5) is 0 Å². The molecule has 1 heterocycles. The molecule has 0 aromatic heterocycles. The third-order valence-electron chi connectivity index (χ3n) is 3.42. The van der Waals surface area contributed by atoms with Crippen LogP contribution in [0.25, 0.3) is 0 Å². The predicted octanol–water partition coefficient (Wildman–Crippen LogP) is 3.55. The Morgan fingerprint density at radius 3 is 3.00 bits per heavy atom. The van der Waals surface area contributed by atoms with E-state index < -0.39 is 0 Å². The van der Waals surface area contributed by atoms with E-state index in [-0.39, 0.29) is 0 Å². The largest absolute Gasteiger partial charge is 0.316 e. The van der Waals surface area contributed by atoms with Gasteiger partial charge in [0.15, 0.2) is 0 Å². The maximum absolute atomic E-state index is 3.54. The summed E-state index contributed by atoms with van der Waals surface area (Å²) in [5.41, 5.74) is 1.46. The Bertz CT molecular complexity index is 318. The van der Waals surface area contributed by atoms with E-state index in [1.807, 2.05) is 0 Å². The third kappa shape index (κ3) is 2.82. The van der Waals surface area contributed by atoms with Crippen molar-refractivity contribution in [3.8, 4) is 0 Å². The molecular weight excluding hydrogens is 250 g/mol. The third-order valence-corrected chi connectivity index (χ3v) is 3.91. The smallest absolute Gasteiger partial charge is 0.0178 e. The molecule has 2 atom stereocenters. The van der Waals surface area contributed by atoms with Gasteiger partial charge in [0.2, 0.25) is 0 Å². The van der Waals surface area contributed by atoms with E-state index in [0.29, 0.717) is 5.92 Å². The van der Waals surface area contributed by atoms with Crippen LogP contribution in [-0.4, -0.2) is 13.1 Å². The van der Waals surface area contributed by atoms with E-state index in [9.17, 15) is 0 Å². The van der Waals surface area contributed by atoms with Crippen molar-refractivity contribution in [3.63, 3.8) is 0 Å². The molecule has 1 N–H and O–H groups in total. The summed E-state index contributed by atoms with van der Waals surface area (Å²) in [5.74, 6) is 1.46. The van der Waals surface area contributed by atoms with Gasteiger partial charge in [0.1, 0.15) is 0 Å². The second-order valence-electron chi connectivity index (χ2n) is 4.45. The zero-order chi connectivity index (χ0) is 10.7. The number of hydrogen-bond donors (Lipinski definition) is 1. The Morgan fingerprint density at radius 1 is 1.47 bits per heavy atom. The number of piperidine rings is 1. The molecule has 1 fully saturated rings. The number of halogens is 1. The Morgan fingerprint density at radius 2 is 2.33 bits per heavy atom. The molecule has 82 valence electrons. The fourth-order valence-corrected chi connectivity index (χ4v) is 2.78. The molecule has 0 saturated carbocycles. The average molecular weight is 268 g/mol. The Balaban J connectivity index is 2.08. The van der Waals surface area contributed by atoms with Crippen molar-refractivity contribution in [3.05, 3.63) is 34.3 Å². The second-order valence-corrected chi connectivity index (χ2v) is 5.37. The van der Waals surface area contributed by atoms with Crippen molar-refractivity contribution in [2.75, 3.05) is 13.1 Å². The number of rotatable bonds is 2. The minimum Gasteiger partial charge on any atom is -0.316 e. The van der Waals surface area contributed by atoms with Gasteiger partial charge in [-0.2, -0.15) is 0 Å². The Kier molecular flexibility index (Phi) is 3.81. The summed E-state index contributed by atoms with van der Waals surface area (Å²) >= 11 is 3.54. The second kappa shape index (κ2) is 5.13. The molecule has 1 saturated heterocycles. The molecule has 2 unspecified atom stereocenters. The minimum absolute atomic E-state index is 0.662. The lowest BCUT2D eigenvalue weighted by Crippen LogP contribution is -2.32. The van der Waals surface area contributed by atoms with Gasteiger partial charge in [-0.05, 0) is 55.5 Å². The van der Waals surface area contributed by atoms with Crippen molar-refractivity contribution >= 4 is 15.9 Å². The molecule has 1 aromatic rings. The van der Waals surface area contributed by atoms with Gasteiger partial charge in [-0.1, -0.05) is 35.0 Å². The molecule has 2 heteroatoms. The molecule has 0 spiro atoms. The van der Waals surface area contributed by atoms with Crippen molar-refractivity contribution in [2.45, 2.75) is 25.7 Å². The van der Waals surface area contributed by atoms with E-state index >= 15 is 0 Å². The van der Waals surface area contributed by atoms with Crippen LogP contribution >= 0.6 is 15.9 Å². The van der Waals surface area contributed by atoms with Crippen LogP contribution in [0.1, 0.15) is 31.2 Å². The maximum atomic E-state index is 3.54. The van der Waals surface area contributed by atoms with Crippen LogP contribution in [0.3, 0.4) is 0 Å². The molecule has 0 amide bonds. The molecular formula is C13H18BrN. The normalized spacial score (nSPS) is 23.7. The number of nitrogens with one attached hydrogen (secondary N) is 1. The standard InChI is InChI=1S/C13H18BrN/c1-10(12-5-3-7-15-9-12)11-4-2-6-13(14)8-11/h2,4,6,8,10,12,15H,3,5,7,9H2,1H3. The molecule has 0 radical (unpaired) electrons. The fraction of sp³-hybridized carbons (Fsp3) is 0.538. The SMILES string of the molecule is CC(c1cccc(Br)c1)C1CCCNC1. The first-order valence-corrected chi connectivity index (χ1v) is 6.53. The van der Waals surface area contributed by atoms with E-state index in [1.54, 1.807) is 0 Å². The van der Waals surface area contributed by atoms with Crippen LogP contribution < -0.4 is 5.32 Å². The molecule has 2 rings (SSSR count). The molecule has 1 nitrogen and oxygen atoms in total. The lowest BCUT2D eigenvalue weighted by Gasteiger charge is -2.28. The van der Waals surface area contributed by atoms with Gasteiger partial charge < -0.3 is 5.32 Å².